The number of aryl methyl sites for hydroxylation is 3. The normalized spacial score (nSPS) is 26.0. The first-order chi connectivity index (χ1) is 11.0. The number of hydrogen-bond donors (Lipinski definition) is 0. The summed E-state index contributed by atoms with van der Waals surface area (Å²) in [5, 5.41) is 0. The van der Waals surface area contributed by atoms with Gasteiger partial charge in [-0.25, -0.2) is 0 Å². The quantitative estimate of drug-likeness (QED) is 0.801. The van der Waals surface area contributed by atoms with E-state index >= 15 is 0 Å². The molecule has 2 nitrogen and oxygen atoms in total. The first-order valence-corrected chi connectivity index (χ1v) is 9.09. The van der Waals surface area contributed by atoms with Crippen LogP contribution in [0.1, 0.15) is 73.1 Å². The summed E-state index contributed by atoms with van der Waals surface area (Å²) in [4.78, 5) is 24.3. The molecule has 0 aromatic heterocycles. The predicted octanol–water partition coefficient (Wildman–Crippen LogP) is 4.82. The van der Waals surface area contributed by atoms with Crippen molar-refractivity contribution in [1.29, 1.82) is 0 Å². The molecule has 0 bridgehead atoms. The monoisotopic (exact) mass is 312 g/mol. The maximum Gasteiger partial charge on any atom is 0.143 e. The highest BCUT2D eigenvalue weighted by molar-refractivity contribution is 5.90. The Morgan fingerprint density at radius 2 is 1.52 bits per heavy atom. The van der Waals surface area contributed by atoms with Crippen molar-refractivity contribution in [2.75, 3.05) is 0 Å². The lowest BCUT2D eigenvalue weighted by Gasteiger charge is -2.23. The van der Waals surface area contributed by atoms with Crippen molar-refractivity contribution in [2.45, 2.75) is 71.6 Å². The zero-order valence-electron chi connectivity index (χ0n) is 14.7. The highest BCUT2D eigenvalue weighted by Gasteiger charge is 2.37. The van der Waals surface area contributed by atoms with E-state index in [2.05, 4.69) is 32.9 Å². The van der Waals surface area contributed by atoms with E-state index in [1.165, 1.54) is 22.3 Å². The Morgan fingerprint density at radius 1 is 0.913 bits per heavy atom. The maximum atomic E-state index is 13.0. The third kappa shape index (κ3) is 3.41. The number of benzene rings is 1. The number of Topliss-reactive ketones (excluding diaryl/α,β-unsaturated/α-hetero) is 2. The van der Waals surface area contributed by atoms with Gasteiger partial charge in [-0.2, -0.15) is 0 Å². The van der Waals surface area contributed by atoms with Crippen molar-refractivity contribution in [3.8, 4) is 0 Å². The molecule has 23 heavy (non-hydrogen) atoms. The van der Waals surface area contributed by atoms with Crippen LogP contribution in [0, 0.1) is 32.6 Å². The molecule has 0 amide bonds. The molecule has 0 radical (unpaired) electrons. The van der Waals surface area contributed by atoms with Crippen molar-refractivity contribution < 1.29 is 9.59 Å². The molecule has 2 heteroatoms. The summed E-state index contributed by atoms with van der Waals surface area (Å²) in [5.41, 5.74) is 5.09. The van der Waals surface area contributed by atoms with Crippen LogP contribution >= 0.6 is 0 Å². The number of hydrogen-bond acceptors (Lipinski definition) is 2. The lowest BCUT2D eigenvalue weighted by atomic mass is 9.80. The number of carbonyl (C=O) groups is 2. The van der Waals surface area contributed by atoms with Gasteiger partial charge in [-0.1, -0.05) is 17.7 Å². The Kier molecular flexibility index (Phi) is 4.70. The molecule has 124 valence electrons. The first-order valence-electron chi connectivity index (χ1n) is 9.09. The molecule has 2 fully saturated rings. The minimum absolute atomic E-state index is 0.103. The van der Waals surface area contributed by atoms with Crippen LogP contribution < -0.4 is 0 Å². The molecule has 2 aliphatic rings. The molecule has 3 rings (SSSR count). The van der Waals surface area contributed by atoms with Crippen LogP contribution in [0.5, 0.6) is 0 Å². The Bertz CT molecular complexity index is 596. The lowest BCUT2D eigenvalue weighted by molar-refractivity contribution is -0.122. The van der Waals surface area contributed by atoms with Gasteiger partial charge >= 0.3 is 0 Å². The van der Waals surface area contributed by atoms with Gasteiger partial charge < -0.3 is 0 Å². The van der Waals surface area contributed by atoms with Crippen LogP contribution in [-0.4, -0.2) is 11.6 Å². The summed E-state index contributed by atoms with van der Waals surface area (Å²) in [6.07, 6.45) is 6.48. The number of rotatable bonds is 3. The molecule has 0 saturated heterocycles. The minimum Gasteiger partial charge on any atom is -0.300 e. The highest BCUT2D eigenvalue weighted by Crippen LogP contribution is 2.42. The van der Waals surface area contributed by atoms with Crippen LogP contribution in [0.15, 0.2) is 12.1 Å². The second kappa shape index (κ2) is 6.59. The van der Waals surface area contributed by atoms with Crippen LogP contribution in [0.2, 0.25) is 0 Å². The summed E-state index contributed by atoms with van der Waals surface area (Å²) in [6, 6.07) is 4.41. The Hall–Kier alpha value is -1.44. The molecule has 0 aliphatic heterocycles. The molecule has 1 aromatic carbocycles. The standard InChI is InChI=1S/C21H28O2/c1-13-10-14(2)20(15(3)11-13)19-9-6-17(21(19)23)12-16-4-7-18(22)8-5-16/h10-11,16-17,19H,4-9,12H2,1-3H3. The molecule has 0 N–H and O–H groups in total. The number of ketones is 2. The molecule has 2 saturated carbocycles. The van der Waals surface area contributed by atoms with Crippen LogP contribution in [-0.2, 0) is 9.59 Å². The molecular formula is C21H28O2. The van der Waals surface area contributed by atoms with Gasteiger partial charge in [0.25, 0.3) is 0 Å². The van der Waals surface area contributed by atoms with Crippen molar-refractivity contribution in [3.05, 3.63) is 34.4 Å². The third-order valence-corrected chi connectivity index (χ3v) is 5.92. The van der Waals surface area contributed by atoms with Crippen LogP contribution in [0.25, 0.3) is 0 Å². The van der Waals surface area contributed by atoms with E-state index in [-0.39, 0.29) is 11.8 Å². The zero-order valence-corrected chi connectivity index (χ0v) is 14.7. The van der Waals surface area contributed by atoms with E-state index in [9.17, 15) is 9.59 Å². The largest absolute Gasteiger partial charge is 0.300 e. The van der Waals surface area contributed by atoms with Gasteiger partial charge in [-0.3, -0.25) is 9.59 Å². The lowest BCUT2D eigenvalue weighted by Crippen LogP contribution is -2.21. The maximum absolute atomic E-state index is 13.0. The molecule has 2 aliphatic carbocycles. The summed E-state index contributed by atoms with van der Waals surface area (Å²) in [7, 11) is 0. The van der Waals surface area contributed by atoms with E-state index in [1.807, 2.05) is 0 Å². The summed E-state index contributed by atoms with van der Waals surface area (Å²) < 4.78 is 0. The van der Waals surface area contributed by atoms with E-state index in [4.69, 9.17) is 0 Å². The molecule has 2 atom stereocenters. The Balaban J connectivity index is 1.71. The predicted molar refractivity (Wildman–Crippen MR) is 92.7 cm³/mol. The molecule has 0 heterocycles. The molecular weight excluding hydrogens is 284 g/mol. The van der Waals surface area contributed by atoms with Crippen LogP contribution in [0.4, 0.5) is 0 Å². The molecule has 1 aromatic rings. The fraction of sp³-hybridized carbons (Fsp3) is 0.619. The topological polar surface area (TPSA) is 34.1 Å². The second-order valence-corrected chi connectivity index (χ2v) is 7.76. The molecule has 0 spiro atoms. The van der Waals surface area contributed by atoms with Gasteiger partial charge in [0.1, 0.15) is 11.6 Å². The Labute approximate surface area is 139 Å². The fourth-order valence-electron chi connectivity index (χ4n) is 4.84. The number of carbonyl (C=O) groups excluding carboxylic acids is 2. The van der Waals surface area contributed by atoms with Crippen molar-refractivity contribution in [2.24, 2.45) is 11.8 Å². The first kappa shape index (κ1) is 16.4. The van der Waals surface area contributed by atoms with Crippen LogP contribution in [0.3, 0.4) is 0 Å². The van der Waals surface area contributed by atoms with Gasteiger partial charge in [0.15, 0.2) is 0 Å². The van der Waals surface area contributed by atoms with Crippen molar-refractivity contribution >= 4 is 11.6 Å². The van der Waals surface area contributed by atoms with E-state index < -0.39 is 0 Å². The summed E-state index contributed by atoms with van der Waals surface area (Å²) >= 11 is 0. The van der Waals surface area contributed by atoms with Crippen molar-refractivity contribution in [3.63, 3.8) is 0 Å². The average Bonchev–Trinajstić information content (AvgIpc) is 2.82. The van der Waals surface area contributed by atoms with Gasteiger partial charge in [-0.05, 0) is 75.5 Å². The minimum atomic E-state index is 0.103. The smallest absolute Gasteiger partial charge is 0.143 e. The summed E-state index contributed by atoms with van der Waals surface area (Å²) in [6.45, 7) is 6.40. The zero-order chi connectivity index (χ0) is 16.6. The second-order valence-electron chi connectivity index (χ2n) is 7.76. The van der Waals surface area contributed by atoms with Gasteiger partial charge in [-0.15, -0.1) is 0 Å². The fourth-order valence-corrected chi connectivity index (χ4v) is 4.84. The van der Waals surface area contributed by atoms with E-state index in [0.717, 1.165) is 44.9 Å². The van der Waals surface area contributed by atoms with E-state index in [1.54, 1.807) is 0 Å². The van der Waals surface area contributed by atoms with Gasteiger partial charge in [0.05, 0.1) is 0 Å². The SMILES string of the molecule is Cc1cc(C)c(C2CCC(CC3CCC(=O)CC3)C2=O)c(C)c1. The van der Waals surface area contributed by atoms with Crippen molar-refractivity contribution in [1.82, 2.24) is 0 Å². The summed E-state index contributed by atoms with van der Waals surface area (Å²) in [5.74, 6) is 1.77. The highest BCUT2D eigenvalue weighted by atomic mass is 16.1. The Morgan fingerprint density at radius 3 is 2.13 bits per heavy atom. The van der Waals surface area contributed by atoms with Gasteiger partial charge in [0, 0.05) is 24.7 Å². The average molecular weight is 312 g/mol. The van der Waals surface area contributed by atoms with Gasteiger partial charge in [0.2, 0.25) is 0 Å². The third-order valence-electron chi connectivity index (χ3n) is 5.92. The molecule has 2 unspecified atom stereocenters. The van der Waals surface area contributed by atoms with E-state index in [0.29, 0.717) is 17.5 Å².